The third kappa shape index (κ3) is 2.67. The molecule has 0 aliphatic heterocycles. The molecule has 1 heterocycles. The lowest BCUT2D eigenvalue weighted by Gasteiger charge is -2.13. The van der Waals surface area contributed by atoms with Crippen molar-refractivity contribution in [2.24, 2.45) is 0 Å². The fourth-order valence-corrected chi connectivity index (χ4v) is 5.44. The Hall–Kier alpha value is -3.16. The summed E-state index contributed by atoms with van der Waals surface area (Å²) in [6.45, 7) is 0. The Morgan fingerprint density at radius 3 is 2.32 bits per heavy atom. The zero-order valence-electron chi connectivity index (χ0n) is 14.4. The lowest BCUT2D eigenvalue weighted by molar-refractivity contribution is 0.588. The first-order valence-electron chi connectivity index (χ1n) is 8.49. The quantitative estimate of drug-likeness (QED) is 0.458. The SMILES string of the molecule is O=c1oc2c(cc(NS(=O)(=O)c3cccc4ccccc34)c3ccccc32)s1. The molecule has 0 bridgehead atoms. The highest BCUT2D eigenvalue weighted by atomic mass is 32.2. The highest BCUT2D eigenvalue weighted by molar-refractivity contribution is 7.93. The van der Waals surface area contributed by atoms with Gasteiger partial charge in [0.15, 0.2) is 5.58 Å². The molecule has 0 aliphatic rings. The summed E-state index contributed by atoms with van der Waals surface area (Å²) >= 11 is 0.948. The maximum absolute atomic E-state index is 13.2. The van der Waals surface area contributed by atoms with Gasteiger partial charge in [-0.3, -0.25) is 4.72 Å². The fourth-order valence-electron chi connectivity index (χ4n) is 3.41. The van der Waals surface area contributed by atoms with Crippen molar-refractivity contribution in [2.75, 3.05) is 4.72 Å². The second-order valence-electron chi connectivity index (χ2n) is 6.33. The monoisotopic (exact) mass is 407 g/mol. The van der Waals surface area contributed by atoms with Gasteiger partial charge in [0.25, 0.3) is 10.0 Å². The third-order valence-corrected chi connectivity index (χ3v) is 6.82. The van der Waals surface area contributed by atoms with E-state index >= 15 is 0 Å². The van der Waals surface area contributed by atoms with E-state index in [4.69, 9.17) is 4.42 Å². The molecule has 1 aromatic heterocycles. The molecule has 28 heavy (non-hydrogen) atoms. The van der Waals surface area contributed by atoms with Gasteiger partial charge in [-0.2, -0.15) is 0 Å². The van der Waals surface area contributed by atoms with E-state index in [0.717, 1.165) is 16.7 Å². The summed E-state index contributed by atoms with van der Waals surface area (Å²) < 4.78 is 35.0. The summed E-state index contributed by atoms with van der Waals surface area (Å²) in [6, 6.07) is 21.4. The number of rotatable bonds is 3. The van der Waals surface area contributed by atoms with Crippen molar-refractivity contribution in [3.05, 3.63) is 82.5 Å². The molecule has 5 nitrogen and oxygen atoms in total. The van der Waals surface area contributed by atoms with Crippen molar-refractivity contribution < 1.29 is 12.8 Å². The van der Waals surface area contributed by atoms with Gasteiger partial charge in [-0.1, -0.05) is 72.0 Å². The summed E-state index contributed by atoms with van der Waals surface area (Å²) in [4.78, 5) is 11.5. The topological polar surface area (TPSA) is 76.4 Å². The maximum Gasteiger partial charge on any atom is 0.396 e. The Morgan fingerprint density at radius 1 is 0.821 bits per heavy atom. The van der Waals surface area contributed by atoms with E-state index in [2.05, 4.69) is 4.72 Å². The van der Waals surface area contributed by atoms with E-state index in [1.165, 1.54) is 0 Å². The van der Waals surface area contributed by atoms with Crippen LogP contribution in [0.15, 0.2) is 86.9 Å². The molecular weight excluding hydrogens is 394 g/mol. The molecule has 138 valence electrons. The average Bonchev–Trinajstić information content (AvgIpc) is 3.08. The van der Waals surface area contributed by atoms with Gasteiger partial charge >= 0.3 is 4.94 Å². The number of anilines is 1. The van der Waals surface area contributed by atoms with Crippen LogP contribution in [0.3, 0.4) is 0 Å². The van der Waals surface area contributed by atoms with Crippen LogP contribution >= 0.6 is 11.3 Å². The molecule has 0 fully saturated rings. The van der Waals surface area contributed by atoms with Crippen molar-refractivity contribution in [3.63, 3.8) is 0 Å². The van der Waals surface area contributed by atoms with E-state index in [0.29, 0.717) is 32.1 Å². The van der Waals surface area contributed by atoms with E-state index < -0.39 is 15.0 Å². The third-order valence-electron chi connectivity index (χ3n) is 4.62. The number of benzene rings is 4. The lowest BCUT2D eigenvalue weighted by Crippen LogP contribution is -2.13. The molecule has 0 radical (unpaired) electrons. The summed E-state index contributed by atoms with van der Waals surface area (Å²) in [7, 11) is -3.85. The van der Waals surface area contributed by atoms with E-state index in [1.807, 2.05) is 42.5 Å². The van der Waals surface area contributed by atoms with Crippen LogP contribution in [0.5, 0.6) is 0 Å². The van der Waals surface area contributed by atoms with Crippen LogP contribution in [0.1, 0.15) is 0 Å². The largest absolute Gasteiger partial charge is 0.413 e. The number of sulfonamides is 1. The minimum Gasteiger partial charge on any atom is -0.413 e. The van der Waals surface area contributed by atoms with Gasteiger partial charge in [-0.05, 0) is 17.5 Å². The molecule has 0 atom stereocenters. The van der Waals surface area contributed by atoms with Gasteiger partial charge in [0.1, 0.15) is 0 Å². The fraction of sp³-hybridized carbons (Fsp3) is 0. The minimum absolute atomic E-state index is 0.204. The van der Waals surface area contributed by atoms with Crippen molar-refractivity contribution in [1.82, 2.24) is 0 Å². The van der Waals surface area contributed by atoms with E-state index in [9.17, 15) is 13.2 Å². The first-order valence-corrected chi connectivity index (χ1v) is 10.8. The number of hydrogen-bond acceptors (Lipinski definition) is 5. The molecule has 1 N–H and O–H groups in total. The number of fused-ring (bicyclic) bond motifs is 4. The maximum atomic E-state index is 13.2. The van der Waals surface area contributed by atoms with Crippen LogP contribution in [-0.2, 0) is 10.0 Å². The number of nitrogens with one attached hydrogen (secondary N) is 1. The molecule has 0 aliphatic carbocycles. The Balaban J connectivity index is 1.73. The predicted octanol–water partition coefficient (Wildman–Crippen LogP) is 4.96. The highest BCUT2D eigenvalue weighted by Gasteiger charge is 2.20. The van der Waals surface area contributed by atoms with E-state index in [1.54, 1.807) is 30.3 Å². The van der Waals surface area contributed by atoms with Crippen LogP contribution in [-0.4, -0.2) is 8.42 Å². The Morgan fingerprint density at radius 2 is 1.50 bits per heavy atom. The summed E-state index contributed by atoms with van der Waals surface area (Å²) in [5.41, 5.74) is 0.881. The van der Waals surface area contributed by atoms with Gasteiger partial charge in [0.05, 0.1) is 15.3 Å². The molecule has 0 saturated carbocycles. The van der Waals surface area contributed by atoms with Crippen molar-refractivity contribution in [2.45, 2.75) is 4.90 Å². The zero-order chi connectivity index (χ0) is 19.3. The first kappa shape index (κ1) is 17.0. The van der Waals surface area contributed by atoms with Gasteiger partial charge in [-0.15, -0.1) is 0 Å². The second kappa shape index (κ2) is 6.19. The Labute approximate surface area is 163 Å². The van der Waals surface area contributed by atoms with Crippen molar-refractivity contribution >= 4 is 58.9 Å². The molecule has 5 rings (SSSR count). The minimum atomic E-state index is -3.85. The molecule has 0 unspecified atom stereocenters. The summed E-state index contributed by atoms with van der Waals surface area (Å²) in [6.07, 6.45) is 0. The standard InChI is InChI=1S/C21H13NO4S2/c23-21-26-20-16-10-4-3-9-15(16)17(12-18(20)27-21)22-28(24,25)19-11-5-7-13-6-1-2-8-14(13)19/h1-12,22H. The molecular formula is C21H13NO4S2. The predicted molar refractivity (Wildman–Crippen MR) is 113 cm³/mol. The van der Waals surface area contributed by atoms with Crippen LogP contribution < -0.4 is 9.66 Å². The molecule has 0 spiro atoms. The molecule has 5 aromatic rings. The average molecular weight is 407 g/mol. The van der Waals surface area contributed by atoms with E-state index in [-0.39, 0.29) is 4.90 Å². The van der Waals surface area contributed by atoms with Crippen LogP contribution in [0.2, 0.25) is 0 Å². The molecule has 7 heteroatoms. The zero-order valence-corrected chi connectivity index (χ0v) is 16.0. The van der Waals surface area contributed by atoms with Gasteiger partial charge < -0.3 is 4.42 Å². The van der Waals surface area contributed by atoms with Gasteiger partial charge in [-0.25, -0.2) is 13.2 Å². The molecule has 0 amide bonds. The van der Waals surface area contributed by atoms with Crippen LogP contribution in [0.25, 0.3) is 31.8 Å². The molecule has 4 aromatic carbocycles. The number of hydrogen-bond donors (Lipinski definition) is 1. The van der Waals surface area contributed by atoms with Gasteiger partial charge in [0, 0.05) is 16.2 Å². The molecule has 0 saturated heterocycles. The summed E-state index contributed by atoms with van der Waals surface area (Å²) in [5.74, 6) is 0. The second-order valence-corrected chi connectivity index (χ2v) is 8.96. The van der Waals surface area contributed by atoms with Crippen molar-refractivity contribution in [3.8, 4) is 0 Å². The van der Waals surface area contributed by atoms with Crippen molar-refractivity contribution in [1.29, 1.82) is 0 Å². The highest BCUT2D eigenvalue weighted by Crippen LogP contribution is 2.35. The summed E-state index contributed by atoms with van der Waals surface area (Å²) in [5, 5.41) is 2.85. The smallest absolute Gasteiger partial charge is 0.396 e. The lowest BCUT2D eigenvalue weighted by atomic mass is 10.1. The normalized spacial score (nSPS) is 12.0. The van der Waals surface area contributed by atoms with Crippen LogP contribution in [0, 0.1) is 0 Å². The van der Waals surface area contributed by atoms with Crippen LogP contribution in [0.4, 0.5) is 5.69 Å². The van der Waals surface area contributed by atoms with Gasteiger partial charge in [0.2, 0.25) is 0 Å². The first-order chi connectivity index (χ1) is 13.5. The Bertz CT molecular complexity index is 1530. The Kier molecular flexibility index (Phi) is 3.75.